The molecule has 0 bridgehead atoms. The average Bonchev–Trinajstić information content (AvgIpc) is 2.79. The lowest BCUT2D eigenvalue weighted by Gasteiger charge is -2.19. The number of nitrogens with one attached hydrogen (secondary N) is 1. The van der Waals surface area contributed by atoms with Crippen molar-refractivity contribution in [3.05, 3.63) is 51.0 Å². The van der Waals surface area contributed by atoms with E-state index in [0.29, 0.717) is 0 Å². The van der Waals surface area contributed by atoms with Crippen LogP contribution in [-0.4, -0.2) is 11.5 Å². The summed E-state index contributed by atoms with van der Waals surface area (Å²) in [6.07, 6.45) is 3.48. The van der Waals surface area contributed by atoms with E-state index in [1.54, 1.807) is 0 Å². The summed E-state index contributed by atoms with van der Waals surface area (Å²) in [5.41, 5.74) is 3.95. The molecule has 3 heteroatoms. The van der Waals surface area contributed by atoms with Crippen LogP contribution in [0.15, 0.2) is 24.3 Å². The first kappa shape index (κ1) is 16.2. The van der Waals surface area contributed by atoms with E-state index in [2.05, 4.69) is 62.3 Å². The Bertz CT molecular complexity index is 574. The normalized spacial score (nSPS) is 12.6. The largest absolute Gasteiger partial charge is 0.306 e. The van der Waals surface area contributed by atoms with Gasteiger partial charge in [-0.05, 0) is 44.4 Å². The van der Waals surface area contributed by atoms with Crippen molar-refractivity contribution in [3.8, 4) is 0 Å². The summed E-state index contributed by atoms with van der Waals surface area (Å²) in [5, 5.41) is 4.84. The van der Waals surface area contributed by atoms with E-state index < -0.39 is 0 Å². The number of hydrogen-bond donors (Lipinski definition) is 1. The third-order valence-electron chi connectivity index (χ3n) is 3.62. The molecule has 1 heterocycles. The van der Waals surface area contributed by atoms with E-state index in [1.165, 1.54) is 22.4 Å². The second-order valence-electron chi connectivity index (χ2n) is 5.56. The van der Waals surface area contributed by atoms with Gasteiger partial charge in [-0.1, -0.05) is 44.5 Å². The van der Waals surface area contributed by atoms with Crippen LogP contribution in [0.5, 0.6) is 0 Å². The standard InChI is InChI=1S/C18H26N2S/c1-5-8-15-9-7-10-16(12-15)17(19-11-6-2)18-13(3)20-14(4)21-18/h7,9-10,12,17,19H,5-6,8,11H2,1-4H3. The summed E-state index contributed by atoms with van der Waals surface area (Å²) < 4.78 is 0. The summed E-state index contributed by atoms with van der Waals surface area (Å²) in [4.78, 5) is 5.96. The number of hydrogen-bond acceptors (Lipinski definition) is 3. The first-order chi connectivity index (χ1) is 10.2. The topological polar surface area (TPSA) is 24.9 Å². The van der Waals surface area contributed by atoms with E-state index in [4.69, 9.17) is 0 Å². The number of thiazole rings is 1. The molecule has 0 fully saturated rings. The summed E-state index contributed by atoms with van der Waals surface area (Å²) in [5.74, 6) is 0. The maximum atomic E-state index is 4.60. The Labute approximate surface area is 132 Å². The smallest absolute Gasteiger partial charge is 0.0900 e. The zero-order chi connectivity index (χ0) is 15.2. The molecule has 0 saturated carbocycles. The Hall–Kier alpha value is -1.19. The van der Waals surface area contributed by atoms with Gasteiger partial charge in [0.25, 0.3) is 0 Å². The Morgan fingerprint density at radius 3 is 2.62 bits per heavy atom. The van der Waals surface area contributed by atoms with Crippen molar-refractivity contribution in [1.29, 1.82) is 0 Å². The van der Waals surface area contributed by atoms with E-state index in [0.717, 1.165) is 30.1 Å². The Kier molecular flexibility index (Phi) is 5.95. The van der Waals surface area contributed by atoms with Gasteiger partial charge < -0.3 is 5.32 Å². The third-order valence-corrected chi connectivity index (χ3v) is 4.76. The minimum Gasteiger partial charge on any atom is -0.306 e. The van der Waals surface area contributed by atoms with Gasteiger partial charge in [-0.3, -0.25) is 0 Å². The van der Waals surface area contributed by atoms with Gasteiger partial charge in [0, 0.05) is 4.88 Å². The summed E-state index contributed by atoms with van der Waals surface area (Å²) in [6.45, 7) is 9.68. The Balaban J connectivity index is 2.35. The zero-order valence-corrected chi connectivity index (χ0v) is 14.4. The number of aryl methyl sites for hydroxylation is 3. The molecule has 0 aliphatic carbocycles. The van der Waals surface area contributed by atoms with Crippen molar-refractivity contribution in [2.75, 3.05) is 6.54 Å². The molecule has 1 aromatic carbocycles. The quantitative estimate of drug-likeness (QED) is 0.794. The van der Waals surface area contributed by atoms with Crippen LogP contribution in [0, 0.1) is 13.8 Å². The molecule has 0 radical (unpaired) electrons. The molecule has 0 aliphatic rings. The molecule has 0 aliphatic heterocycles. The molecule has 2 aromatic rings. The molecule has 21 heavy (non-hydrogen) atoms. The molecule has 1 atom stereocenters. The lowest BCUT2D eigenvalue weighted by molar-refractivity contribution is 0.602. The van der Waals surface area contributed by atoms with Crippen molar-refractivity contribution >= 4 is 11.3 Å². The van der Waals surface area contributed by atoms with Gasteiger partial charge in [-0.15, -0.1) is 11.3 Å². The van der Waals surface area contributed by atoms with Gasteiger partial charge in [-0.25, -0.2) is 4.98 Å². The SMILES string of the molecule is CCCNC(c1cccc(CCC)c1)c1sc(C)nc1C. The molecule has 2 rings (SSSR count). The van der Waals surface area contributed by atoms with Crippen molar-refractivity contribution < 1.29 is 0 Å². The van der Waals surface area contributed by atoms with E-state index in [1.807, 2.05) is 11.3 Å². The molecule has 1 aromatic heterocycles. The van der Waals surface area contributed by atoms with Crippen molar-refractivity contribution in [2.45, 2.75) is 53.0 Å². The van der Waals surface area contributed by atoms with Gasteiger partial charge in [0.15, 0.2) is 0 Å². The molecule has 1 N–H and O–H groups in total. The first-order valence-electron chi connectivity index (χ1n) is 7.91. The van der Waals surface area contributed by atoms with Crippen molar-refractivity contribution in [1.82, 2.24) is 10.3 Å². The predicted octanol–water partition coefficient (Wildman–Crippen LogP) is 4.80. The highest BCUT2D eigenvalue weighted by Crippen LogP contribution is 2.30. The van der Waals surface area contributed by atoms with Gasteiger partial charge in [-0.2, -0.15) is 0 Å². The molecular weight excluding hydrogens is 276 g/mol. The van der Waals surface area contributed by atoms with Gasteiger partial charge in [0.2, 0.25) is 0 Å². The fourth-order valence-electron chi connectivity index (χ4n) is 2.68. The minimum absolute atomic E-state index is 0.271. The molecule has 0 saturated heterocycles. The van der Waals surface area contributed by atoms with Crippen molar-refractivity contribution in [2.24, 2.45) is 0 Å². The average molecular weight is 302 g/mol. The fraction of sp³-hybridized carbons (Fsp3) is 0.500. The van der Waals surface area contributed by atoms with Gasteiger partial charge >= 0.3 is 0 Å². The number of benzene rings is 1. The lowest BCUT2D eigenvalue weighted by Crippen LogP contribution is -2.23. The van der Waals surface area contributed by atoms with Crippen LogP contribution < -0.4 is 5.32 Å². The summed E-state index contributed by atoms with van der Waals surface area (Å²) >= 11 is 1.81. The maximum Gasteiger partial charge on any atom is 0.0900 e. The molecule has 2 nitrogen and oxygen atoms in total. The zero-order valence-electron chi connectivity index (χ0n) is 13.6. The monoisotopic (exact) mass is 302 g/mol. The minimum atomic E-state index is 0.271. The van der Waals surface area contributed by atoms with Gasteiger partial charge in [0.05, 0.1) is 16.7 Å². The molecular formula is C18H26N2S. The third kappa shape index (κ3) is 4.14. The Morgan fingerprint density at radius 2 is 2.00 bits per heavy atom. The lowest BCUT2D eigenvalue weighted by atomic mass is 10.00. The second kappa shape index (κ2) is 7.71. The summed E-state index contributed by atoms with van der Waals surface area (Å²) in [6, 6.07) is 9.28. The predicted molar refractivity (Wildman–Crippen MR) is 92.2 cm³/mol. The molecule has 0 amide bonds. The highest BCUT2D eigenvalue weighted by atomic mass is 32.1. The molecule has 114 valence electrons. The second-order valence-corrected chi connectivity index (χ2v) is 6.80. The number of aromatic nitrogens is 1. The van der Waals surface area contributed by atoms with Crippen LogP contribution in [0.3, 0.4) is 0 Å². The highest BCUT2D eigenvalue weighted by Gasteiger charge is 2.19. The molecule has 1 unspecified atom stereocenters. The van der Waals surface area contributed by atoms with Crippen LogP contribution in [0.2, 0.25) is 0 Å². The van der Waals surface area contributed by atoms with E-state index >= 15 is 0 Å². The maximum absolute atomic E-state index is 4.60. The van der Waals surface area contributed by atoms with Crippen LogP contribution >= 0.6 is 11.3 Å². The van der Waals surface area contributed by atoms with E-state index in [9.17, 15) is 0 Å². The summed E-state index contributed by atoms with van der Waals surface area (Å²) in [7, 11) is 0. The number of rotatable bonds is 7. The van der Waals surface area contributed by atoms with E-state index in [-0.39, 0.29) is 6.04 Å². The Morgan fingerprint density at radius 1 is 1.19 bits per heavy atom. The van der Waals surface area contributed by atoms with Crippen LogP contribution in [0.1, 0.15) is 59.4 Å². The van der Waals surface area contributed by atoms with Crippen molar-refractivity contribution in [3.63, 3.8) is 0 Å². The highest BCUT2D eigenvalue weighted by molar-refractivity contribution is 7.11. The van der Waals surface area contributed by atoms with Crippen LogP contribution in [-0.2, 0) is 6.42 Å². The number of nitrogens with zero attached hydrogens (tertiary/aromatic N) is 1. The molecule has 0 spiro atoms. The first-order valence-corrected chi connectivity index (χ1v) is 8.73. The van der Waals surface area contributed by atoms with Crippen LogP contribution in [0.4, 0.5) is 0 Å². The fourth-order valence-corrected chi connectivity index (χ4v) is 3.71. The van der Waals surface area contributed by atoms with Crippen LogP contribution in [0.25, 0.3) is 0 Å². The van der Waals surface area contributed by atoms with Gasteiger partial charge in [0.1, 0.15) is 0 Å².